The van der Waals surface area contributed by atoms with Crippen LogP contribution in [0.15, 0.2) is 6.33 Å². The third-order valence-corrected chi connectivity index (χ3v) is 2.33. The molecule has 0 radical (unpaired) electrons. The van der Waals surface area contributed by atoms with E-state index in [0.29, 0.717) is 0 Å². The summed E-state index contributed by atoms with van der Waals surface area (Å²) >= 11 is 0. The van der Waals surface area contributed by atoms with Crippen molar-refractivity contribution in [2.24, 2.45) is 0 Å². The Morgan fingerprint density at radius 1 is 1.47 bits per heavy atom. The lowest BCUT2D eigenvalue weighted by atomic mass is 10.4. The number of rotatable bonds is 7. The summed E-state index contributed by atoms with van der Waals surface area (Å²) in [5.74, 6) is 1.04. The van der Waals surface area contributed by atoms with Crippen LogP contribution in [-0.4, -0.2) is 46.3 Å². The number of nitrogens with zero attached hydrogens (tertiary/aromatic N) is 4. The lowest BCUT2D eigenvalue weighted by molar-refractivity contribution is 0.310. The van der Waals surface area contributed by atoms with E-state index in [0.717, 1.165) is 38.5 Å². The second-order valence-corrected chi connectivity index (χ2v) is 3.58. The van der Waals surface area contributed by atoms with Gasteiger partial charge >= 0.3 is 0 Å². The summed E-state index contributed by atoms with van der Waals surface area (Å²) in [7, 11) is 2.10. The van der Waals surface area contributed by atoms with E-state index in [1.165, 1.54) is 0 Å². The Morgan fingerprint density at radius 3 is 2.93 bits per heavy atom. The number of nitrogens with one attached hydrogen (secondary N) is 1. The second-order valence-electron chi connectivity index (χ2n) is 3.58. The Kier molecular flexibility index (Phi) is 5.28. The molecule has 0 saturated heterocycles. The van der Waals surface area contributed by atoms with Crippen LogP contribution >= 0.6 is 0 Å². The van der Waals surface area contributed by atoms with Crippen molar-refractivity contribution >= 4 is 0 Å². The lowest BCUT2D eigenvalue weighted by Crippen LogP contribution is -2.29. The van der Waals surface area contributed by atoms with Gasteiger partial charge in [0.1, 0.15) is 12.2 Å². The fraction of sp³-hybridized carbons (Fsp3) is 0.800. The first-order chi connectivity index (χ1) is 7.27. The van der Waals surface area contributed by atoms with Crippen LogP contribution < -0.4 is 5.32 Å². The van der Waals surface area contributed by atoms with E-state index in [-0.39, 0.29) is 0 Å². The van der Waals surface area contributed by atoms with Crippen LogP contribution in [0.4, 0.5) is 0 Å². The highest BCUT2D eigenvalue weighted by Gasteiger charge is 2.05. The molecule has 0 aliphatic carbocycles. The summed E-state index contributed by atoms with van der Waals surface area (Å²) in [6.07, 6.45) is 1.62. The van der Waals surface area contributed by atoms with E-state index in [9.17, 15) is 0 Å². The number of hydrogen-bond donors (Lipinski definition) is 1. The van der Waals surface area contributed by atoms with E-state index in [1.54, 1.807) is 6.33 Å². The van der Waals surface area contributed by atoms with Crippen LogP contribution in [0.1, 0.15) is 19.7 Å². The Balaban J connectivity index is 2.33. The zero-order chi connectivity index (χ0) is 11.1. The smallest absolute Gasteiger partial charge is 0.140 e. The van der Waals surface area contributed by atoms with Crippen molar-refractivity contribution in [3.05, 3.63) is 12.2 Å². The molecule has 15 heavy (non-hydrogen) atoms. The summed E-state index contributed by atoms with van der Waals surface area (Å²) in [6, 6.07) is 0. The van der Waals surface area contributed by atoms with Crippen LogP contribution in [0.2, 0.25) is 0 Å². The van der Waals surface area contributed by atoms with Gasteiger partial charge in [-0.1, -0.05) is 6.92 Å². The third kappa shape index (κ3) is 3.97. The Hall–Kier alpha value is -0.940. The summed E-state index contributed by atoms with van der Waals surface area (Å²) in [4.78, 5) is 6.49. The minimum absolute atomic E-state index is 0.860. The average molecular weight is 211 g/mol. The lowest BCUT2D eigenvalue weighted by Gasteiger charge is -2.16. The van der Waals surface area contributed by atoms with E-state index in [1.807, 2.05) is 4.68 Å². The molecule has 0 aromatic carbocycles. The molecule has 0 atom stereocenters. The van der Waals surface area contributed by atoms with Crippen LogP contribution in [0.3, 0.4) is 0 Å². The molecule has 0 amide bonds. The van der Waals surface area contributed by atoms with Crippen molar-refractivity contribution in [1.29, 1.82) is 0 Å². The number of aryl methyl sites for hydroxylation is 1. The van der Waals surface area contributed by atoms with Crippen LogP contribution in [0, 0.1) is 0 Å². The molecule has 0 saturated carbocycles. The molecule has 0 aliphatic rings. The Labute approximate surface area is 91.5 Å². The minimum atomic E-state index is 0.860. The van der Waals surface area contributed by atoms with Gasteiger partial charge in [-0.3, -0.25) is 4.90 Å². The first-order valence-electron chi connectivity index (χ1n) is 5.53. The van der Waals surface area contributed by atoms with Crippen LogP contribution in [0.5, 0.6) is 0 Å². The molecule has 1 aromatic rings. The molecule has 0 unspecified atom stereocenters. The molecule has 0 spiro atoms. The molecule has 5 nitrogen and oxygen atoms in total. The molecule has 86 valence electrons. The van der Waals surface area contributed by atoms with Crippen molar-refractivity contribution in [3.8, 4) is 0 Å². The van der Waals surface area contributed by atoms with Gasteiger partial charge in [0, 0.05) is 19.6 Å². The fourth-order valence-corrected chi connectivity index (χ4v) is 1.44. The number of likely N-dealkylation sites (N-methyl/N-ethyl adjacent to an activating group) is 2. The van der Waals surface area contributed by atoms with Gasteiger partial charge in [-0.05, 0) is 20.5 Å². The number of hydrogen-bond acceptors (Lipinski definition) is 4. The Morgan fingerprint density at radius 2 is 2.27 bits per heavy atom. The fourth-order valence-electron chi connectivity index (χ4n) is 1.44. The second kappa shape index (κ2) is 6.53. The maximum Gasteiger partial charge on any atom is 0.140 e. The molecule has 0 aliphatic heterocycles. The summed E-state index contributed by atoms with van der Waals surface area (Å²) in [5.41, 5.74) is 0. The van der Waals surface area contributed by atoms with Gasteiger partial charge < -0.3 is 5.32 Å². The molecule has 5 heteroatoms. The standard InChI is InChI=1S/C10H21N5/c1-4-11-6-7-14(3)8-10-12-9-13-15(10)5-2/h9,11H,4-8H2,1-3H3. The van der Waals surface area contributed by atoms with Gasteiger partial charge in [-0.15, -0.1) is 0 Å². The SMILES string of the molecule is CCNCCN(C)Cc1ncnn1CC. The molecular formula is C10H21N5. The van der Waals surface area contributed by atoms with Crippen molar-refractivity contribution in [2.45, 2.75) is 26.9 Å². The quantitative estimate of drug-likeness (QED) is 0.661. The van der Waals surface area contributed by atoms with Gasteiger partial charge in [-0.25, -0.2) is 9.67 Å². The average Bonchev–Trinajstić information content (AvgIpc) is 2.65. The van der Waals surface area contributed by atoms with Crippen LogP contribution in [-0.2, 0) is 13.1 Å². The van der Waals surface area contributed by atoms with Crippen LogP contribution in [0.25, 0.3) is 0 Å². The van der Waals surface area contributed by atoms with E-state index in [2.05, 4.69) is 41.2 Å². The predicted octanol–water partition coefficient (Wildman–Crippen LogP) is 0.339. The van der Waals surface area contributed by atoms with Gasteiger partial charge in [0.25, 0.3) is 0 Å². The molecule has 1 aromatic heterocycles. The molecule has 0 fully saturated rings. The topological polar surface area (TPSA) is 46.0 Å². The van der Waals surface area contributed by atoms with Gasteiger partial charge in [0.2, 0.25) is 0 Å². The van der Waals surface area contributed by atoms with E-state index in [4.69, 9.17) is 0 Å². The highest BCUT2D eigenvalue weighted by Crippen LogP contribution is 1.98. The first-order valence-corrected chi connectivity index (χ1v) is 5.53. The van der Waals surface area contributed by atoms with E-state index >= 15 is 0 Å². The van der Waals surface area contributed by atoms with Crippen molar-refractivity contribution < 1.29 is 0 Å². The zero-order valence-corrected chi connectivity index (χ0v) is 9.90. The normalized spacial score (nSPS) is 11.2. The van der Waals surface area contributed by atoms with E-state index < -0.39 is 0 Å². The highest BCUT2D eigenvalue weighted by atomic mass is 15.3. The van der Waals surface area contributed by atoms with Gasteiger partial charge in [0.05, 0.1) is 6.54 Å². The maximum absolute atomic E-state index is 4.25. The van der Waals surface area contributed by atoms with Crippen molar-refractivity contribution in [3.63, 3.8) is 0 Å². The molecule has 1 heterocycles. The minimum Gasteiger partial charge on any atom is -0.316 e. The van der Waals surface area contributed by atoms with Crippen molar-refractivity contribution in [2.75, 3.05) is 26.7 Å². The Bertz CT molecular complexity index is 271. The monoisotopic (exact) mass is 211 g/mol. The zero-order valence-electron chi connectivity index (χ0n) is 9.90. The largest absolute Gasteiger partial charge is 0.316 e. The molecule has 1 rings (SSSR count). The molecule has 0 bridgehead atoms. The number of aromatic nitrogens is 3. The molecule has 1 N–H and O–H groups in total. The summed E-state index contributed by atoms with van der Waals surface area (Å²) < 4.78 is 1.93. The van der Waals surface area contributed by atoms with Crippen molar-refractivity contribution in [1.82, 2.24) is 25.0 Å². The predicted molar refractivity (Wildman–Crippen MR) is 60.6 cm³/mol. The summed E-state index contributed by atoms with van der Waals surface area (Å²) in [6.45, 7) is 9.02. The first kappa shape index (κ1) is 12.1. The maximum atomic E-state index is 4.25. The van der Waals surface area contributed by atoms with Gasteiger partial charge in [0.15, 0.2) is 0 Å². The molecular weight excluding hydrogens is 190 g/mol. The third-order valence-electron chi connectivity index (χ3n) is 2.33. The highest BCUT2D eigenvalue weighted by molar-refractivity contribution is 4.83. The summed E-state index contributed by atoms with van der Waals surface area (Å²) in [5, 5.41) is 7.45. The van der Waals surface area contributed by atoms with Gasteiger partial charge in [-0.2, -0.15) is 5.10 Å².